The first-order valence-electron chi connectivity index (χ1n) is 13.6. The number of amides is 3. The molecule has 0 aliphatic carbocycles. The second-order valence-corrected chi connectivity index (χ2v) is 11.4. The molecule has 5 aromatic rings. The first kappa shape index (κ1) is 31.2. The van der Waals surface area contributed by atoms with Crippen molar-refractivity contribution in [1.82, 2.24) is 10.3 Å². The molecule has 45 heavy (non-hydrogen) atoms. The number of nitrogens with one attached hydrogen (secondary N) is 3. The standard InChI is InChI=1S/C34H27FN4O4S2/c1-43-30-13-6-5-10-24(30)18-28(37-32(41)23-8-3-2-4-9-23)33(42)36-26-11-7-12-27(19-26)44-21-31(40)39-34-38-29(20-45-34)22-14-16-25(35)17-15-22/h2-20H,21H2,1H3,(H,36,42)(H,37,41)(H,38,39,40)/b28-18+. The molecule has 0 aliphatic heterocycles. The Kier molecular flexibility index (Phi) is 10.4. The van der Waals surface area contributed by atoms with E-state index in [-0.39, 0.29) is 23.2 Å². The molecule has 1 aromatic heterocycles. The van der Waals surface area contributed by atoms with Crippen LogP contribution < -0.4 is 20.7 Å². The van der Waals surface area contributed by atoms with E-state index in [9.17, 15) is 18.8 Å². The summed E-state index contributed by atoms with van der Waals surface area (Å²) < 4.78 is 18.6. The van der Waals surface area contributed by atoms with Gasteiger partial charge in [0.25, 0.3) is 11.8 Å². The van der Waals surface area contributed by atoms with Gasteiger partial charge in [-0.2, -0.15) is 0 Å². The number of methoxy groups -OCH3 is 1. The third kappa shape index (κ3) is 8.65. The predicted octanol–water partition coefficient (Wildman–Crippen LogP) is 7.10. The quantitative estimate of drug-likeness (QED) is 0.105. The van der Waals surface area contributed by atoms with Crippen LogP contribution in [0.1, 0.15) is 15.9 Å². The van der Waals surface area contributed by atoms with Crippen molar-refractivity contribution >= 4 is 57.7 Å². The van der Waals surface area contributed by atoms with Gasteiger partial charge in [-0.05, 0) is 66.7 Å². The summed E-state index contributed by atoms with van der Waals surface area (Å²) in [6.45, 7) is 0. The van der Waals surface area contributed by atoms with E-state index in [1.54, 1.807) is 90.3 Å². The molecule has 0 unspecified atom stereocenters. The molecule has 0 aliphatic rings. The maximum Gasteiger partial charge on any atom is 0.272 e. The SMILES string of the molecule is COc1ccccc1/C=C(/NC(=O)c1ccccc1)C(=O)Nc1cccc(SCC(=O)Nc2nc(-c3ccc(F)cc3)cs2)c1. The Morgan fingerprint density at radius 1 is 0.911 bits per heavy atom. The van der Waals surface area contributed by atoms with Gasteiger partial charge in [0.05, 0.1) is 18.6 Å². The number of carbonyl (C=O) groups is 3. The minimum absolute atomic E-state index is 0.0224. The first-order chi connectivity index (χ1) is 21.9. The van der Waals surface area contributed by atoms with Crippen molar-refractivity contribution in [3.05, 3.63) is 131 Å². The van der Waals surface area contributed by atoms with E-state index in [0.717, 1.165) is 10.5 Å². The molecule has 0 saturated heterocycles. The zero-order chi connectivity index (χ0) is 31.6. The molecule has 3 N–H and O–H groups in total. The molecule has 1 heterocycles. The topological polar surface area (TPSA) is 109 Å². The van der Waals surface area contributed by atoms with Crippen LogP contribution in [0.5, 0.6) is 5.75 Å². The highest BCUT2D eigenvalue weighted by atomic mass is 32.2. The highest BCUT2D eigenvalue weighted by Gasteiger charge is 2.17. The van der Waals surface area contributed by atoms with Gasteiger partial charge >= 0.3 is 0 Å². The number of carbonyl (C=O) groups excluding carboxylic acids is 3. The molecule has 0 radical (unpaired) electrons. The van der Waals surface area contributed by atoms with E-state index in [1.807, 2.05) is 12.1 Å². The lowest BCUT2D eigenvalue weighted by Gasteiger charge is -2.13. The summed E-state index contributed by atoms with van der Waals surface area (Å²) in [7, 11) is 1.53. The van der Waals surface area contributed by atoms with Gasteiger partial charge in [-0.3, -0.25) is 14.4 Å². The van der Waals surface area contributed by atoms with E-state index < -0.39 is 11.8 Å². The number of hydrogen-bond donors (Lipinski definition) is 3. The summed E-state index contributed by atoms with van der Waals surface area (Å²) in [6.07, 6.45) is 1.55. The van der Waals surface area contributed by atoms with Gasteiger partial charge < -0.3 is 20.7 Å². The number of benzene rings is 4. The Balaban J connectivity index is 1.24. The van der Waals surface area contributed by atoms with Gasteiger partial charge in [-0.1, -0.05) is 42.5 Å². The lowest BCUT2D eigenvalue weighted by Crippen LogP contribution is -2.30. The van der Waals surface area contributed by atoms with E-state index in [0.29, 0.717) is 33.4 Å². The molecule has 0 atom stereocenters. The normalized spacial score (nSPS) is 11.0. The third-order valence-electron chi connectivity index (χ3n) is 6.32. The van der Waals surface area contributed by atoms with Crippen LogP contribution in [0.4, 0.5) is 15.2 Å². The largest absolute Gasteiger partial charge is 0.496 e. The van der Waals surface area contributed by atoms with Crippen LogP contribution in [0.15, 0.2) is 119 Å². The zero-order valence-electron chi connectivity index (χ0n) is 24.0. The van der Waals surface area contributed by atoms with Gasteiger partial charge in [0.1, 0.15) is 17.3 Å². The number of rotatable bonds is 11. The van der Waals surface area contributed by atoms with Crippen LogP contribution in [0.3, 0.4) is 0 Å². The van der Waals surface area contributed by atoms with Crippen molar-refractivity contribution in [2.24, 2.45) is 0 Å². The number of thioether (sulfide) groups is 1. The zero-order valence-corrected chi connectivity index (χ0v) is 25.6. The van der Waals surface area contributed by atoms with E-state index in [4.69, 9.17) is 4.74 Å². The summed E-state index contributed by atoms with van der Waals surface area (Å²) in [5.41, 5.74) is 2.91. The fraction of sp³-hybridized carbons (Fsp3) is 0.0588. The van der Waals surface area contributed by atoms with Crippen LogP contribution in [0, 0.1) is 5.82 Å². The first-order valence-corrected chi connectivity index (χ1v) is 15.5. The van der Waals surface area contributed by atoms with Crippen LogP contribution in [0.2, 0.25) is 0 Å². The summed E-state index contributed by atoms with van der Waals surface area (Å²) in [4.78, 5) is 44.2. The van der Waals surface area contributed by atoms with Crippen LogP contribution in [0.25, 0.3) is 17.3 Å². The Labute approximate surface area is 267 Å². The number of aromatic nitrogens is 1. The molecule has 4 aromatic carbocycles. The Bertz CT molecular complexity index is 1840. The van der Waals surface area contributed by atoms with Crippen LogP contribution in [-0.2, 0) is 9.59 Å². The molecule has 0 spiro atoms. The summed E-state index contributed by atoms with van der Waals surface area (Å²) in [5.74, 6) is -0.909. The predicted molar refractivity (Wildman–Crippen MR) is 177 cm³/mol. The maximum atomic E-state index is 13.5. The second kappa shape index (κ2) is 15.0. The number of hydrogen-bond acceptors (Lipinski definition) is 7. The number of thiazole rings is 1. The highest BCUT2D eigenvalue weighted by Crippen LogP contribution is 2.27. The van der Waals surface area contributed by atoms with Crippen molar-refractivity contribution in [3.63, 3.8) is 0 Å². The van der Waals surface area contributed by atoms with Crippen molar-refractivity contribution in [1.29, 1.82) is 0 Å². The molecule has 0 saturated carbocycles. The average molecular weight is 639 g/mol. The van der Waals surface area contributed by atoms with Crippen LogP contribution >= 0.6 is 23.1 Å². The van der Waals surface area contributed by atoms with Gasteiger partial charge in [0.15, 0.2) is 5.13 Å². The van der Waals surface area contributed by atoms with Crippen molar-refractivity contribution in [3.8, 4) is 17.0 Å². The fourth-order valence-electron chi connectivity index (χ4n) is 4.13. The van der Waals surface area contributed by atoms with Crippen LogP contribution in [-0.4, -0.2) is 35.6 Å². The van der Waals surface area contributed by atoms with Crippen molar-refractivity contribution in [2.45, 2.75) is 4.90 Å². The number of anilines is 2. The molecule has 3 amide bonds. The summed E-state index contributed by atoms with van der Waals surface area (Å²) in [6, 6.07) is 28.8. The monoisotopic (exact) mass is 638 g/mol. The van der Waals surface area contributed by atoms with Gasteiger partial charge in [-0.25, -0.2) is 9.37 Å². The molecular weight excluding hydrogens is 612 g/mol. The fourth-order valence-corrected chi connectivity index (χ4v) is 5.63. The Morgan fingerprint density at radius 2 is 1.67 bits per heavy atom. The van der Waals surface area contributed by atoms with Gasteiger partial charge in [0.2, 0.25) is 5.91 Å². The van der Waals surface area contributed by atoms with Crippen molar-refractivity contribution < 1.29 is 23.5 Å². The van der Waals surface area contributed by atoms with Gasteiger partial charge in [-0.15, -0.1) is 23.1 Å². The average Bonchev–Trinajstić information content (AvgIpc) is 3.52. The summed E-state index contributed by atoms with van der Waals surface area (Å²) in [5, 5.41) is 10.6. The number of nitrogens with zero attached hydrogens (tertiary/aromatic N) is 1. The molecule has 0 fully saturated rings. The highest BCUT2D eigenvalue weighted by molar-refractivity contribution is 8.00. The minimum Gasteiger partial charge on any atom is -0.496 e. The molecule has 8 nitrogen and oxygen atoms in total. The maximum absolute atomic E-state index is 13.5. The molecule has 226 valence electrons. The molecule has 5 rings (SSSR count). The smallest absolute Gasteiger partial charge is 0.272 e. The van der Waals surface area contributed by atoms with E-state index in [2.05, 4.69) is 20.9 Å². The number of para-hydroxylation sites is 1. The lowest BCUT2D eigenvalue weighted by molar-refractivity contribution is -0.114. The summed E-state index contributed by atoms with van der Waals surface area (Å²) >= 11 is 2.57. The van der Waals surface area contributed by atoms with E-state index in [1.165, 1.54) is 42.3 Å². The molecular formula is C34H27FN4O4S2. The van der Waals surface area contributed by atoms with Gasteiger partial charge in [0, 0.05) is 32.7 Å². The Hall–Kier alpha value is -5.26. The van der Waals surface area contributed by atoms with E-state index >= 15 is 0 Å². The second-order valence-electron chi connectivity index (χ2n) is 9.48. The minimum atomic E-state index is -0.536. The lowest BCUT2D eigenvalue weighted by atomic mass is 10.1. The number of ether oxygens (including phenoxy) is 1. The van der Waals surface area contributed by atoms with Crippen molar-refractivity contribution in [2.75, 3.05) is 23.5 Å². The third-order valence-corrected chi connectivity index (χ3v) is 8.07. The molecule has 0 bridgehead atoms. The molecule has 11 heteroatoms. The number of halogens is 1. The Morgan fingerprint density at radius 3 is 2.44 bits per heavy atom.